The van der Waals surface area contributed by atoms with Gasteiger partial charge in [-0.2, -0.15) is 0 Å². The fraction of sp³-hybridized carbons (Fsp3) is 0.333. The molecule has 1 unspecified atom stereocenters. The number of carbonyl (C=O) groups excluding carboxylic acids is 2. The Hall–Kier alpha value is -1.98. The first-order valence-corrected chi connectivity index (χ1v) is 4.51. The van der Waals surface area contributed by atoms with E-state index < -0.39 is 6.04 Å². The summed E-state index contributed by atoms with van der Waals surface area (Å²) in [6, 6.07) is -0.515. The first-order valence-electron chi connectivity index (χ1n) is 4.51. The predicted molar refractivity (Wildman–Crippen MR) is 51.8 cm³/mol. The molecule has 0 radical (unpaired) electrons. The van der Waals surface area contributed by atoms with Crippen LogP contribution in [0.25, 0.3) is 0 Å². The summed E-state index contributed by atoms with van der Waals surface area (Å²) in [6.45, 7) is 0. The standard InChI is InChI=1S/C9H10N4O2/c1-13-8(14)4-6(9(13)15)12-7-5-10-2-3-11-7/h2-3,5-6H,4H2,1H3,(H,11,12). The summed E-state index contributed by atoms with van der Waals surface area (Å²) in [6.07, 6.45) is 4.74. The molecule has 78 valence electrons. The lowest BCUT2D eigenvalue weighted by Crippen LogP contribution is -2.32. The number of imide groups is 1. The van der Waals surface area contributed by atoms with Gasteiger partial charge >= 0.3 is 0 Å². The number of anilines is 1. The molecule has 0 bridgehead atoms. The van der Waals surface area contributed by atoms with Crippen LogP contribution in [-0.2, 0) is 9.59 Å². The van der Waals surface area contributed by atoms with E-state index >= 15 is 0 Å². The maximum absolute atomic E-state index is 11.5. The van der Waals surface area contributed by atoms with E-state index in [4.69, 9.17) is 0 Å². The molecule has 0 saturated carbocycles. The van der Waals surface area contributed by atoms with Crippen LogP contribution in [0.2, 0.25) is 0 Å². The first kappa shape index (κ1) is 9.57. The molecule has 6 heteroatoms. The normalized spacial score (nSPS) is 20.9. The quantitative estimate of drug-likeness (QED) is 0.669. The highest BCUT2D eigenvalue weighted by Gasteiger charge is 2.36. The van der Waals surface area contributed by atoms with Crippen molar-refractivity contribution in [2.75, 3.05) is 12.4 Å². The molecule has 1 aliphatic heterocycles. The number of likely N-dealkylation sites (N-methyl/N-ethyl adjacent to an activating group) is 1. The molecule has 15 heavy (non-hydrogen) atoms. The Morgan fingerprint density at radius 2 is 2.27 bits per heavy atom. The van der Waals surface area contributed by atoms with Crippen molar-refractivity contribution in [2.24, 2.45) is 0 Å². The third-order valence-electron chi connectivity index (χ3n) is 2.27. The van der Waals surface area contributed by atoms with Gasteiger partial charge in [-0.15, -0.1) is 0 Å². The fourth-order valence-electron chi connectivity index (χ4n) is 1.42. The highest BCUT2D eigenvalue weighted by atomic mass is 16.2. The van der Waals surface area contributed by atoms with Crippen molar-refractivity contribution >= 4 is 17.6 Å². The first-order chi connectivity index (χ1) is 7.18. The SMILES string of the molecule is CN1C(=O)CC(Nc2cnccn2)C1=O. The third kappa shape index (κ3) is 1.78. The molecule has 1 aliphatic rings. The number of aromatic nitrogens is 2. The van der Waals surface area contributed by atoms with E-state index in [9.17, 15) is 9.59 Å². The topological polar surface area (TPSA) is 75.2 Å². The van der Waals surface area contributed by atoms with Gasteiger partial charge in [0.15, 0.2) is 0 Å². The molecule has 2 rings (SSSR count). The van der Waals surface area contributed by atoms with Crippen molar-refractivity contribution in [2.45, 2.75) is 12.5 Å². The maximum Gasteiger partial charge on any atom is 0.251 e. The predicted octanol–water partition coefficient (Wildman–Crippen LogP) is -0.354. The number of hydrogen-bond donors (Lipinski definition) is 1. The van der Waals surface area contributed by atoms with E-state index in [1.165, 1.54) is 19.4 Å². The molecular weight excluding hydrogens is 196 g/mol. The van der Waals surface area contributed by atoms with Crippen LogP contribution in [0, 0.1) is 0 Å². The molecule has 0 aliphatic carbocycles. The van der Waals surface area contributed by atoms with Crippen molar-refractivity contribution in [1.29, 1.82) is 0 Å². The minimum Gasteiger partial charge on any atom is -0.357 e. The molecular formula is C9H10N4O2. The van der Waals surface area contributed by atoms with Gasteiger partial charge in [0.1, 0.15) is 11.9 Å². The van der Waals surface area contributed by atoms with Crippen LogP contribution in [0.1, 0.15) is 6.42 Å². The van der Waals surface area contributed by atoms with E-state index in [2.05, 4.69) is 15.3 Å². The molecule has 0 spiro atoms. The molecule has 6 nitrogen and oxygen atoms in total. The number of nitrogens with one attached hydrogen (secondary N) is 1. The van der Waals surface area contributed by atoms with Crippen LogP contribution in [0.4, 0.5) is 5.82 Å². The second-order valence-corrected chi connectivity index (χ2v) is 3.28. The summed E-state index contributed by atoms with van der Waals surface area (Å²) in [5, 5.41) is 2.87. The van der Waals surface area contributed by atoms with Crippen LogP contribution in [0.15, 0.2) is 18.6 Å². The number of likely N-dealkylation sites (tertiary alicyclic amines) is 1. The van der Waals surface area contributed by atoms with Crippen LogP contribution in [0.5, 0.6) is 0 Å². The van der Waals surface area contributed by atoms with E-state index in [0.29, 0.717) is 5.82 Å². The van der Waals surface area contributed by atoms with E-state index in [1.807, 2.05) is 0 Å². The van der Waals surface area contributed by atoms with Gasteiger partial charge in [0, 0.05) is 19.4 Å². The molecule has 2 heterocycles. The summed E-state index contributed by atoms with van der Waals surface area (Å²) in [5.74, 6) is 0.0889. The molecule has 1 saturated heterocycles. The largest absolute Gasteiger partial charge is 0.357 e. The summed E-state index contributed by atoms with van der Waals surface area (Å²) in [5.41, 5.74) is 0. The van der Waals surface area contributed by atoms with Crippen LogP contribution < -0.4 is 5.32 Å². The van der Waals surface area contributed by atoms with Gasteiger partial charge in [0.2, 0.25) is 5.91 Å². The minimum absolute atomic E-state index is 0.173. The van der Waals surface area contributed by atoms with Crippen molar-refractivity contribution in [3.05, 3.63) is 18.6 Å². The Labute approximate surface area is 86.3 Å². The average Bonchev–Trinajstić information content (AvgIpc) is 2.48. The Morgan fingerprint density at radius 1 is 1.47 bits per heavy atom. The van der Waals surface area contributed by atoms with Gasteiger partial charge in [-0.1, -0.05) is 0 Å². The van der Waals surface area contributed by atoms with Crippen molar-refractivity contribution in [1.82, 2.24) is 14.9 Å². The number of rotatable bonds is 2. The Morgan fingerprint density at radius 3 is 2.80 bits per heavy atom. The number of carbonyl (C=O) groups is 2. The third-order valence-corrected chi connectivity index (χ3v) is 2.27. The second-order valence-electron chi connectivity index (χ2n) is 3.28. The number of amides is 2. The average molecular weight is 206 g/mol. The Bertz CT molecular complexity index is 392. The number of nitrogens with zero attached hydrogens (tertiary/aromatic N) is 3. The van der Waals surface area contributed by atoms with Gasteiger partial charge < -0.3 is 5.32 Å². The Balaban J connectivity index is 2.09. The molecule has 2 amide bonds. The summed E-state index contributed by atoms with van der Waals surface area (Å²) < 4.78 is 0. The summed E-state index contributed by atoms with van der Waals surface area (Å²) in [4.78, 5) is 31.7. The summed E-state index contributed by atoms with van der Waals surface area (Å²) >= 11 is 0. The monoisotopic (exact) mass is 206 g/mol. The second kappa shape index (κ2) is 3.64. The fourth-order valence-corrected chi connectivity index (χ4v) is 1.42. The highest BCUT2D eigenvalue weighted by molar-refractivity contribution is 6.06. The van der Waals surface area contributed by atoms with Crippen LogP contribution in [0.3, 0.4) is 0 Å². The molecule has 1 fully saturated rings. The van der Waals surface area contributed by atoms with E-state index in [1.54, 1.807) is 6.20 Å². The van der Waals surface area contributed by atoms with Crippen molar-refractivity contribution in [3.63, 3.8) is 0 Å². The van der Waals surface area contributed by atoms with E-state index in [0.717, 1.165) is 4.90 Å². The summed E-state index contributed by atoms with van der Waals surface area (Å²) in [7, 11) is 1.48. The molecule has 1 aromatic heterocycles. The maximum atomic E-state index is 11.5. The number of hydrogen-bond acceptors (Lipinski definition) is 5. The lowest BCUT2D eigenvalue weighted by molar-refractivity contribution is -0.136. The lowest BCUT2D eigenvalue weighted by atomic mass is 10.2. The van der Waals surface area contributed by atoms with Gasteiger partial charge in [0.25, 0.3) is 5.91 Å². The molecule has 0 aromatic carbocycles. The zero-order valence-corrected chi connectivity index (χ0v) is 8.17. The van der Waals surface area contributed by atoms with E-state index in [-0.39, 0.29) is 18.2 Å². The minimum atomic E-state index is -0.515. The Kier molecular flexibility index (Phi) is 2.32. The van der Waals surface area contributed by atoms with Crippen LogP contribution >= 0.6 is 0 Å². The van der Waals surface area contributed by atoms with Gasteiger partial charge in [-0.25, -0.2) is 4.98 Å². The lowest BCUT2D eigenvalue weighted by Gasteiger charge is -2.10. The van der Waals surface area contributed by atoms with Gasteiger partial charge in [-0.3, -0.25) is 19.5 Å². The molecule has 1 atom stereocenters. The zero-order chi connectivity index (χ0) is 10.8. The zero-order valence-electron chi connectivity index (χ0n) is 8.17. The van der Waals surface area contributed by atoms with Crippen molar-refractivity contribution in [3.8, 4) is 0 Å². The van der Waals surface area contributed by atoms with Crippen molar-refractivity contribution < 1.29 is 9.59 Å². The van der Waals surface area contributed by atoms with Crippen LogP contribution in [-0.4, -0.2) is 39.8 Å². The van der Waals surface area contributed by atoms with Gasteiger partial charge in [-0.05, 0) is 0 Å². The molecule has 1 aromatic rings. The highest BCUT2D eigenvalue weighted by Crippen LogP contribution is 2.14. The molecule has 1 N–H and O–H groups in total. The van der Waals surface area contributed by atoms with Gasteiger partial charge in [0.05, 0.1) is 12.6 Å². The smallest absolute Gasteiger partial charge is 0.251 e.